The number of ketones is 1. The molecule has 49 heavy (non-hydrogen) atoms. The van der Waals surface area contributed by atoms with Gasteiger partial charge in [-0.3, -0.25) is 19.2 Å². The molecule has 2 heterocycles. The highest BCUT2D eigenvalue weighted by atomic mass is 32.2. The van der Waals surface area contributed by atoms with Crippen molar-refractivity contribution in [2.75, 3.05) is 18.8 Å². The maximum atomic E-state index is 14.6. The first-order valence-electron chi connectivity index (χ1n) is 18.8. The van der Waals surface area contributed by atoms with Crippen LogP contribution >= 0.6 is 0 Å². The number of carbonyl (C=O) groups excluding carboxylic acids is 5. The van der Waals surface area contributed by atoms with E-state index in [1.54, 1.807) is 18.7 Å². The Bertz CT molecular complexity index is 1360. The Morgan fingerprint density at radius 1 is 0.898 bits per heavy atom. The van der Waals surface area contributed by atoms with Crippen LogP contribution in [0.25, 0.3) is 0 Å². The van der Waals surface area contributed by atoms with E-state index in [-0.39, 0.29) is 23.5 Å². The molecule has 278 valence electrons. The van der Waals surface area contributed by atoms with E-state index in [1.165, 1.54) is 0 Å². The van der Waals surface area contributed by atoms with Crippen molar-refractivity contribution in [3.8, 4) is 0 Å². The Kier molecular flexibility index (Phi) is 12.5. The number of rotatable bonds is 12. The molecular formula is C36H61N5O7S. The maximum Gasteiger partial charge on any atom is 0.315 e. The van der Waals surface area contributed by atoms with E-state index in [4.69, 9.17) is 0 Å². The number of likely N-dealkylation sites (N-methyl/N-ethyl adjacent to an activating group) is 1. The fraction of sp³-hybridized carbons (Fsp3) is 0.861. The molecule has 0 unspecified atom stereocenters. The lowest BCUT2D eigenvalue weighted by Crippen LogP contribution is -2.70. The summed E-state index contributed by atoms with van der Waals surface area (Å²) in [6, 6.07) is -3.42. The molecular weight excluding hydrogens is 646 g/mol. The number of hydrogen-bond acceptors (Lipinski definition) is 7. The van der Waals surface area contributed by atoms with E-state index >= 15 is 0 Å². The predicted molar refractivity (Wildman–Crippen MR) is 188 cm³/mol. The van der Waals surface area contributed by atoms with Gasteiger partial charge in [-0.1, -0.05) is 72.6 Å². The van der Waals surface area contributed by atoms with E-state index < -0.39 is 67.3 Å². The van der Waals surface area contributed by atoms with Crippen LogP contribution in [-0.4, -0.2) is 90.1 Å². The molecule has 4 fully saturated rings. The van der Waals surface area contributed by atoms with Gasteiger partial charge < -0.3 is 26.2 Å². The van der Waals surface area contributed by atoms with Gasteiger partial charge in [0.05, 0.1) is 22.1 Å². The van der Waals surface area contributed by atoms with Crippen LogP contribution in [-0.2, 0) is 29.0 Å². The van der Waals surface area contributed by atoms with Gasteiger partial charge in [0.25, 0.3) is 5.91 Å². The van der Waals surface area contributed by atoms with Gasteiger partial charge in [0, 0.05) is 13.1 Å². The Hall–Kier alpha value is -2.70. The molecule has 2 aliphatic heterocycles. The zero-order chi connectivity index (χ0) is 36.2. The Labute approximate surface area is 293 Å². The van der Waals surface area contributed by atoms with E-state index in [9.17, 15) is 32.4 Å². The average molecular weight is 708 g/mol. The third-order valence-electron chi connectivity index (χ3n) is 11.9. The summed E-state index contributed by atoms with van der Waals surface area (Å²) in [5.74, 6) is -2.14. The molecule has 2 aliphatic carbocycles. The third-order valence-corrected chi connectivity index (χ3v) is 14.7. The van der Waals surface area contributed by atoms with Crippen LogP contribution in [0, 0.1) is 17.3 Å². The first kappa shape index (κ1) is 39.1. The molecule has 4 aliphatic rings. The number of likely N-dealkylation sites (tertiary alicyclic amines) is 1. The van der Waals surface area contributed by atoms with Crippen LogP contribution < -0.4 is 21.3 Å². The van der Waals surface area contributed by atoms with E-state index in [0.29, 0.717) is 51.6 Å². The molecule has 0 bridgehead atoms. The van der Waals surface area contributed by atoms with Crippen LogP contribution in [0.4, 0.5) is 4.79 Å². The lowest BCUT2D eigenvalue weighted by molar-refractivity contribution is -0.144. The molecule has 4 rings (SSSR count). The van der Waals surface area contributed by atoms with Crippen LogP contribution in [0.15, 0.2) is 0 Å². The topological polar surface area (TPSA) is 171 Å². The molecule has 5 amide bonds. The van der Waals surface area contributed by atoms with Gasteiger partial charge in [-0.15, -0.1) is 0 Å². The number of sulfone groups is 1. The summed E-state index contributed by atoms with van der Waals surface area (Å²) in [5, 5.41) is 11.5. The van der Waals surface area contributed by atoms with Gasteiger partial charge in [-0.25, -0.2) is 13.2 Å². The van der Waals surface area contributed by atoms with E-state index in [1.807, 2.05) is 27.7 Å². The molecule has 2 saturated carbocycles. The van der Waals surface area contributed by atoms with Crippen molar-refractivity contribution in [3.63, 3.8) is 0 Å². The molecule has 0 aromatic carbocycles. The van der Waals surface area contributed by atoms with Crippen molar-refractivity contribution in [2.45, 2.75) is 160 Å². The molecule has 2 saturated heterocycles. The SMILES string of the molecule is CCCC[C@H](NC(=O)[C@@H]1[C@H]2CCC[C@H]2CN1C(=O)[C@@H](NC(=O)NC1([C@@]2(C)CCCCS2(=O)=O)CCCCC1)C(C)(C)C)C(=O)C(=O)NCC. The monoisotopic (exact) mass is 707 g/mol. The number of hydrogen-bond donors (Lipinski definition) is 4. The Balaban J connectivity index is 1.59. The normalized spacial score (nSPS) is 28.9. The van der Waals surface area contributed by atoms with Gasteiger partial charge in [0.15, 0.2) is 9.84 Å². The van der Waals surface area contributed by atoms with Gasteiger partial charge in [-0.2, -0.15) is 0 Å². The molecule has 13 heteroatoms. The van der Waals surface area contributed by atoms with Crippen LogP contribution in [0.2, 0.25) is 0 Å². The number of nitrogens with one attached hydrogen (secondary N) is 4. The fourth-order valence-corrected chi connectivity index (χ4v) is 11.4. The van der Waals surface area contributed by atoms with Crippen LogP contribution in [0.5, 0.6) is 0 Å². The smallest absolute Gasteiger partial charge is 0.315 e. The standard InChI is InChI=1S/C36H61N5O7S/c1-7-9-18-26(28(42)31(44)37-8-2)38-30(43)27-25-17-15-16-24(25)23-41(27)32(45)29(34(3,4)5)39-33(46)40-36(20-11-10-12-21-36)35(6)19-13-14-22-49(35,47)48/h24-27,29H,7-23H2,1-6H3,(H,37,44)(H,38,43)(H2,39,40,46)/t24-,25-,26-,27-,29+,35+/m0/s1. The molecule has 0 aromatic rings. The number of carbonyl (C=O) groups is 5. The highest BCUT2D eigenvalue weighted by molar-refractivity contribution is 7.92. The summed E-state index contributed by atoms with van der Waals surface area (Å²) >= 11 is 0. The van der Waals surface area contributed by atoms with Crippen molar-refractivity contribution >= 4 is 39.4 Å². The lowest BCUT2D eigenvalue weighted by Gasteiger charge is -2.52. The van der Waals surface area contributed by atoms with Crippen molar-refractivity contribution < 1.29 is 32.4 Å². The van der Waals surface area contributed by atoms with Gasteiger partial charge >= 0.3 is 6.03 Å². The Morgan fingerprint density at radius 3 is 2.18 bits per heavy atom. The Morgan fingerprint density at radius 2 is 1.57 bits per heavy atom. The molecule has 6 atom stereocenters. The highest BCUT2D eigenvalue weighted by Crippen LogP contribution is 2.47. The largest absolute Gasteiger partial charge is 0.350 e. The molecule has 0 spiro atoms. The lowest BCUT2D eigenvalue weighted by atomic mass is 9.71. The van der Waals surface area contributed by atoms with Gasteiger partial charge in [-0.05, 0) is 76.0 Å². The summed E-state index contributed by atoms with van der Waals surface area (Å²) in [7, 11) is -3.48. The summed E-state index contributed by atoms with van der Waals surface area (Å²) < 4.78 is 26.1. The second kappa shape index (κ2) is 15.7. The first-order chi connectivity index (χ1) is 23.0. The van der Waals surface area contributed by atoms with Gasteiger partial charge in [0.2, 0.25) is 17.6 Å². The summed E-state index contributed by atoms with van der Waals surface area (Å²) in [6.07, 6.45) is 9.87. The maximum absolute atomic E-state index is 14.6. The number of Topliss-reactive ketones (excluding diaryl/α,β-unsaturated/α-hetero) is 1. The highest BCUT2D eigenvalue weighted by Gasteiger charge is 2.58. The number of unbranched alkanes of at least 4 members (excludes halogenated alkanes) is 1. The molecule has 4 N–H and O–H groups in total. The minimum atomic E-state index is -3.48. The minimum Gasteiger partial charge on any atom is -0.350 e. The molecule has 0 aromatic heterocycles. The zero-order valence-corrected chi connectivity index (χ0v) is 31.4. The van der Waals surface area contributed by atoms with Crippen molar-refractivity contribution in [2.24, 2.45) is 17.3 Å². The number of fused-ring (bicyclic) bond motifs is 1. The van der Waals surface area contributed by atoms with Crippen molar-refractivity contribution in [3.05, 3.63) is 0 Å². The summed E-state index contributed by atoms with van der Waals surface area (Å²) in [4.78, 5) is 69.8. The number of amides is 5. The van der Waals surface area contributed by atoms with Crippen LogP contribution in [0.1, 0.15) is 131 Å². The summed E-state index contributed by atoms with van der Waals surface area (Å²) in [6.45, 7) is 11.7. The third kappa shape index (κ3) is 8.12. The second-order valence-corrected chi connectivity index (χ2v) is 18.8. The predicted octanol–water partition coefficient (Wildman–Crippen LogP) is 3.77. The second-order valence-electron chi connectivity index (χ2n) is 16.3. The number of nitrogens with zero attached hydrogens (tertiary/aromatic N) is 1. The first-order valence-corrected chi connectivity index (χ1v) is 20.4. The average Bonchev–Trinajstić information content (AvgIpc) is 3.64. The minimum absolute atomic E-state index is 0.0910. The summed E-state index contributed by atoms with van der Waals surface area (Å²) in [5.41, 5.74) is -1.69. The van der Waals surface area contributed by atoms with E-state index in [0.717, 1.165) is 51.4 Å². The van der Waals surface area contributed by atoms with Crippen LogP contribution in [0.3, 0.4) is 0 Å². The zero-order valence-electron chi connectivity index (χ0n) is 30.6. The van der Waals surface area contributed by atoms with Crippen molar-refractivity contribution in [1.29, 1.82) is 0 Å². The van der Waals surface area contributed by atoms with E-state index in [2.05, 4.69) is 21.3 Å². The number of urea groups is 1. The van der Waals surface area contributed by atoms with Crippen molar-refractivity contribution in [1.82, 2.24) is 26.2 Å². The molecule has 12 nitrogen and oxygen atoms in total. The quantitative estimate of drug-likeness (QED) is 0.224. The molecule has 0 radical (unpaired) electrons. The fourth-order valence-electron chi connectivity index (χ4n) is 9.02. The van der Waals surface area contributed by atoms with Gasteiger partial charge in [0.1, 0.15) is 12.1 Å².